The number of hydrogen-bond donors (Lipinski definition) is 3. The molecule has 1 saturated heterocycles. The number of morpholine rings is 1. The topological polar surface area (TPSA) is 122 Å². The summed E-state index contributed by atoms with van der Waals surface area (Å²) in [4.78, 5) is 17.9. The largest absolute Gasteiger partial charge is 0.475 e. The number of aliphatic hydroxyl groups is 1. The highest BCUT2D eigenvalue weighted by Gasteiger charge is 2.17. The number of hydrogen-bond acceptors (Lipinski definition) is 8. The summed E-state index contributed by atoms with van der Waals surface area (Å²) in [7, 11) is 0. The third-order valence-electron chi connectivity index (χ3n) is 4.29. The van der Waals surface area contributed by atoms with Crippen LogP contribution in [0.4, 0.5) is 11.4 Å². The first kappa shape index (κ1) is 21.5. The van der Waals surface area contributed by atoms with Crippen molar-refractivity contribution in [3.63, 3.8) is 0 Å². The molecule has 9 nitrogen and oxygen atoms in total. The fourth-order valence-corrected chi connectivity index (χ4v) is 2.82. The summed E-state index contributed by atoms with van der Waals surface area (Å²) in [5, 5.41) is 14.2. The lowest BCUT2D eigenvalue weighted by Gasteiger charge is -2.29. The summed E-state index contributed by atoms with van der Waals surface area (Å²) in [6.45, 7) is 6.30. The van der Waals surface area contributed by atoms with Crippen molar-refractivity contribution < 1.29 is 19.4 Å². The molecular weight excluding hydrogens is 386 g/mol. The number of ether oxygens (including phenoxy) is 2. The maximum atomic E-state index is 11.3. The fraction of sp³-hybridized carbons (Fsp3) is 0.381. The van der Waals surface area contributed by atoms with E-state index in [1.54, 1.807) is 44.3 Å². The van der Waals surface area contributed by atoms with Gasteiger partial charge >= 0.3 is 0 Å². The molecule has 1 aromatic carbocycles. The molecule has 9 heteroatoms. The minimum atomic E-state index is -0.974. The first-order valence-corrected chi connectivity index (χ1v) is 9.69. The lowest BCUT2D eigenvalue weighted by Crippen LogP contribution is -2.36. The van der Waals surface area contributed by atoms with E-state index in [-0.39, 0.29) is 6.61 Å². The van der Waals surface area contributed by atoms with Gasteiger partial charge in [0.25, 0.3) is 0 Å². The Kier molecular flexibility index (Phi) is 6.86. The van der Waals surface area contributed by atoms with Crippen LogP contribution in [0.3, 0.4) is 0 Å². The second-order valence-electron chi connectivity index (χ2n) is 7.60. The number of nitrogens with one attached hydrogen (secondary N) is 1. The molecule has 4 N–H and O–H groups in total. The molecule has 160 valence electrons. The average molecular weight is 413 g/mol. The molecule has 0 unspecified atom stereocenters. The Labute approximate surface area is 175 Å². The smallest absolute Gasteiger partial charge is 0.248 e. The fourth-order valence-electron chi connectivity index (χ4n) is 2.82. The van der Waals surface area contributed by atoms with E-state index in [0.29, 0.717) is 36.0 Å². The number of nitrogens with zero attached hydrogens (tertiary/aromatic N) is 3. The molecule has 0 bridgehead atoms. The zero-order chi connectivity index (χ0) is 21.6. The Morgan fingerprint density at radius 1 is 1.37 bits per heavy atom. The molecule has 0 aliphatic carbocycles. The van der Waals surface area contributed by atoms with E-state index >= 15 is 0 Å². The average Bonchev–Trinajstić information content (AvgIpc) is 2.72. The zero-order valence-corrected chi connectivity index (χ0v) is 17.2. The molecule has 0 spiro atoms. The van der Waals surface area contributed by atoms with Gasteiger partial charge in [-0.1, -0.05) is 6.07 Å². The van der Waals surface area contributed by atoms with Gasteiger partial charge < -0.3 is 25.2 Å². The van der Waals surface area contributed by atoms with E-state index in [2.05, 4.69) is 20.4 Å². The normalized spacial score (nSPS) is 14.7. The molecule has 0 saturated carbocycles. The summed E-state index contributed by atoms with van der Waals surface area (Å²) in [6, 6.07) is 10.5. The van der Waals surface area contributed by atoms with Crippen LogP contribution in [0.1, 0.15) is 29.9 Å². The van der Waals surface area contributed by atoms with Gasteiger partial charge in [0.2, 0.25) is 11.8 Å². The molecule has 1 aliphatic heterocycles. The molecule has 2 heterocycles. The number of carbonyl (C=O) groups excluding carboxylic acids is 1. The van der Waals surface area contributed by atoms with Gasteiger partial charge in [-0.05, 0) is 38.1 Å². The monoisotopic (exact) mass is 413 g/mol. The first-order chi connectivity index (χ1) is 14.3. The van der Waals surface area contributed by atoms with E-state index < -0.39 is 11.5 Å². The van der Waals surface area contributed by atoms with Gasteiger partial charge in [0.15, 0.2) is 0 Å². The maximum Gasteiger partial charge on any atom is 0.248 e. The van der Waals surface area contributed by atoms with Crippen LogP contribution in [0.15, 0.2) is 41.5 Å². The molecule has 0 atom stereocenters. The van der Waals surface area contributed by atoms with Crippen LogP contribution >= 0.6 is 0 Å². The van der Waals surface area contributed by atoms with Crippen LogP contribution < -0.4 is 20.8 Å². The second kappa shape index (κ2) is 9.55. The Morgan fingerprint density at radius 3 is 2.83 bits per heavy atom. The van der Waals surface area contributed by atoms with Crippen LogP contribution in [0.25, 0.3) is 0 Å². The Bertz CT molecular complexity index is 905. The highest BCUT2D eigenvalue weighted by Crippen LogP contribution is 2.22. The number of rotatable bonds is 8. The van der Waals surface area contributed by atoms with Gasteiger partial charge in [-0.3, -0.25) is 10.2 Å². The van der Waals surface area contributed by atoms with Crippen molar-refractivity contribution in [2.75, 3.05) is 43.2 Å². The number of carbonyl (C=O) groups is 1. The molecule has 30 heavy (non-hydrogen) atoms. The Morgan fingerprint density at radius 2 is 2.13 bits per heavy atom. The lowest BCUT2D eigenvalue weighted by molar-refractivity contribution is 0.0268. The molecule has 1 amide bonds. The zero-order valence-electron chi connectivity index (χ0n) is 17.2. The number of benzene rings is 1. The third-order valence-corrected chi connectivity index (χ3v) is 4.29. The van der Waals surface area contributed by atoms with E-state index in [4.69, 9.17) is 15.2 Å². The second-order valence-corrected chi connectivity index (χ2v) is 7.60. The van der Waals surface area contributed by atoms with Crippen LogP contribution in [0.2, 0.25) is 0 Å². The van der Waals surface area contributed by atoms with E-state index in [1.807, 2.05) is 12.1 Å². The molecular formula is C21H27N5O4. The van der Waals surface area contributed by atoms with Crippen molar-refractivity contribution in [2.24, 2.45) is 10.8 Å². The summed E-state index contributed by atoms with van der Waals surface area (Å²) < 4.78 is 11.1. The molecule has 2 aromatic rings. The molecule has 0 radical (unpaired) electrons. The van der Waals surface area contributed by atoms with Crippen molar-refractivity contribution in [2.45, 2.75) is 19.4 Å². The Hall–Kier alpha value is -3.17. The van der Waals surface area contributed by atoms with E-state index in [0.717, 1.165) is 18.8 Å². The predicted octanol–water partition coefficient (Wildman–Crippen LogP) is 1.61. The van der Waals surface area contributed by atoms with Gasteiger partial charge in [-0.25, -0.2) is 4.98 Å². The number of hydrazone groups is 1. The minimum Gasteiger partial charge on any atom is -0.475 e. The highest BCUT2D eigenvalue weighted by atomic mass is 16.5. The summed E-state index contributed by atoms with van der Waals surface area (Å²) in [6.07, 6.45) is 1.57. The van der Waals surface area contributed by atoms with Gasteiger partial charge in [0.1, 0.15) is 6.61 Å². The van der Waals surface area contributed by atoms with Crippen LogP contribution in [0.5, 0.6) is 5.88 Å². The number of aromatic nitrogens is 1. The molecule has 1 aromatic heterocycles. The van der Waals surface area contributed by atoms with Crippen molar-refractivity contribution in [3.05, 3.63) is 47.7 Å². The number of anilines is 2. The van der Waals surface area contributed by atoms with Crippen LogP contribution in [0, 0.1) is 0 Å². The third kappa shape index (κ3) is 6.43. The lowest BCUT2D eigenvalue weighted by atomic mass is 10.2. The summed E-state index contributed by atoms with van der Waals surface area (Å²) in [5.41, 5.74) is 9.75. The van der Waals surface area contributed by atoms with Gasteiger partial charge in [-0.2, -0.15) is 5.10 Å². The standard InChI is InChI=1S/C21H27N5O4/c1-21(2,28)14-30-19-12-18(26-6-8-29-9-7-26)11-17(24-19)13-23-25-16-5-3-4-15(10-16)20(22)27/h3-5,10-13,25,28H,6-9,14H2,1-2H3,(H2,22,27). The quantitative estimate of drug-likeness (QED) is 0.444. The number of nitrogens with two attached hydrogens (primary N) is 1. The van der Waals surface area contributed by atoms with Gasteiger partial charge in [0.05, 0.1) is 36.4 Å². The maximum absolute atomic E-state index is 11.3. The van der Waals surface area contributed by atoms with Crippen molar-refractivity contribution in [1.29, 1.82) is 0 Å². The SMILES string of the molecule is CC(C)(O)COc1cc(N2CCOCC2)cc(C=NNc2cccc(C(N)=O)c2)n1. The number of amides is 1. The highest BCUT2D eigenvalue weighted by molar-refractivity contribution is 5.93. The van der Waals surface area contributed by atoms with Crippen molar-refractivity contribution >= 4 is 23.5 Å². The van der Waals surface area contributed by atoms with Crippen molar-refractivity contribution in [3.8, 4) is 5.88 Å². The van der Waals surface area contributed by atoms with E-state index in [1.165, 1.54) is 0 Å². The number of pyridine rings is 1. The van der Waals surface area contributed by atoms with Gasteiger partial charge in [0, 0.05) is 30.4 Å². The number of primary amides is 1. The van der Waals surface area contributed by atoms with E-state index in [9.17, 15) is 9.90 Å². The molecule has 1 aliphatic rings. The van der Waals surface area contributed by atoms with Crippen LogP contribution in [-0.2, 0) is 4.74 Å². The summed E-state index contributed by atoms with van der Waals surface area (Å²) >= 11 is 0. The van der Waals surface area contributed by atoms with Gasteiger partial charge in [-0.15, -0.1) is 0 Å². The van der Waals surface area contributed by atoms with Crippen molar-refractivity contribution in [1.82, 2.24) is 4.98 Å². The Balaban J connectivity index is 1.78. The molecule has 3 rings (SSSR count). The first-order valence-electron chi connectivity index (χ1n) is 9.69. The summed E-state index contributed by atoms with van der Waals surface area (Å²) in [5.74, 6) is -0.102. The minimum absolute atomic E-state index is 0.112. The predicted molar refractivity (Wildman–Crippen MR) is 115 cm³/mol. The van der Waals surface area contributed by atoms with Crippen LogP contribution in [-0.4, -0.2) is 60.7 Å². The molecule has 1 fully saturated rings.